The Morgan fingerprint density at radius 2 is 1.93 bits per heavy atom. The summed E-state index contributed by atoms with van der Waals surface area (Å²) in [5, 5.41) is 6.38. The summed E-state index contributed by atoms with van der Waals surface area (Å²) in [7, 11) is -1.66. The average Bonchev–Trinajstić information content (AvgIpc) is 2.70. The normalized spacial score (nSPS) is 22.8. The predicted molar refractivity (Wildman–Crippen MR) is 111 cm³/mol. The molecular formula is C18H37N5O4S. The number of ether oxygens (including phenoxy) is 2. The summed E-state index contributed by atoms with van der Waals surface area (Å²) in [4.78, 5) is 6.58. The van der Waals surface area contributed by atoms with Gasteiger partial charge in [-0.15, -0.1) is 0 Å². The van der Waals surface area contributed by atoms with E-state index in [9.17, 15) is 8.42 Å². The van der Waals surface area contributed by atoms with E-state index in [1.54, 1.807) is 7.05 Å². The molecule has 2 heterocycles. The van der Waals surface area contributed by atoms with Gasteiger partial charge in [0.1, 0.15) is 0 Å². The monoisotopic (exact) mass is 419 g/mol. The van der Waals surface area contributed by atoms with E-state index in [0.717, 1.165) is 52.2 Å². The average molecular weight is 420 g/mol. The van der Waals surface area contributed by atoms with Crippen molar-refractivity contribution in [2.24, 2.45) is 4.99 Å². The summed E-state index contributed by atoms with van der Waals surface area (Å²) in [5.74, 6) is 0.597. The zero-order chi connectivity index (χ0) is 20.5. The van der Waals surface area contributed by atoms with Crippen molar-refractivity contribution in [2.75, 3.05) is 65.3 Å². The molecule has 0 radical (unpaired) electrons. The molecule has 28 heavy (non-hydrogen) atoms. The first kappa shape index (κ1) is 23.3. The Kier molecular flexibility index (Phi) is 9.42. The summed E-state index contributed by atoms with van der Waals surface area (Å²) in [5.41, 5.74) is -0.0466. The van der Waals surface area contributed by atoms with Crippen LogP contribution in [0.25, 0.3) is 0 Å². The Morgan fingerprint density at radius 3 is 2.57 bits per heavy atom. The standard InChI is InChI=1S/C18H37N5O4S/c1-18(2,23-8-11-26-12-9-23)15-21-17(19-3)20-7-13-28(24,25)22-14-16-6-4-5-10-27-16/h16,22H,4-15H2,1-3H3,(H2,19,20,21). The first-order chi connectivity index (χ1) is 13.3. The zero-order valence-corrected chi connectivity index (χ0v) is 18.3. The molecule has 0 aliphatic carbocycles. The van der Waals surface area contributed by atoms with Crippen LogP contribution < -0.4 is 15.4 Å². The number of nitrogens with zero attached hydrogens (tertiary/aromatic N) is 2. The van der Waals surface area contributed by atoms with Gasteiger partial charge in [-0.1, -0.05) is 0 Å². The van der Waals surface area contributed by atoms with Gasteiger partial charge in [0, 0.05) is 51.9 Å². The zero-order valence-electron chi connectivity index (χ0n) is 17.5. The van der Waals surface area contributed by atoms with Crippen LogP contribution in [0, 0.1) is 0 Å². The first-order valence-corrected chi connectivity index (χ1v) is 11.8. The molecule has 9 nitrogen and oxygen atoms in total. The van der Waals surface area contributed by atoms with E-state index in [1.165, 1.54) is 0 Å². The highest BCUT2D eigenvalue weighted by atomic mass is 32.2. The molecule has 0 aromatic carbocycles. The smallest absolute Gasteiger partial charge is 0.213 e. The number of rotatable bonds is 9. The Balaban J connectivity index is 1.67. The maximum absolute atomic E-state index is 12.2. The van der Waals surface area contributed by atoms with E-state index in [4.69, 9.17) is 9.47 Å². The third-order valence-corrected chi connectivity index (χ3v) is 6.60. The highest BCUT2D eigenvalue weighted by Crippen LogP contribution is 2.15. The molecule has 0 amide bonds. The van der Waals surface area contributed by atoms with Crippen molar-refractivity contribution in [1.82, 2.24) is 20.3 Å². The molecule has 3 N–H and O–H groups in total. The molecule has 2 saturated heterocycles. The number of morpholine rings is 1. The highest BCUT2D eigenvalue weighted by Gasteiger charge is 2.28. The second-order valence-electron chi connectivity index (χ2n) is 7.92. The second-order valence-corrected chi connectivity index (χ2v) is 9.85. The summed E-state index contributed by atoms with van der Waals surface area (Å²) >= 11 is 0. The van der Waals surface area contributed by atoms with Crippen LogP contribution in [0.5, 0.6) is 0 Å². The maximum Gasteiger partial charge on any atom is 0.213 e. The van der Waals surface area contributed by atoms with E-state index in [1.807, 2.05) is 0 Å². The Morgan fingerprint density at radius 1 is 1.18 bits per heavy atom. The lowest BCUT2D eigenvalue weighted by atomic mass is 10.0. The molecule has 2 aliphatic heterocycles. The van der Waals surface area contributed by atoms with E-state index in [0.29, 0.717) is 25.6 Å². The molecule has 0 saturated carbocycles. The van der Waals surface area contributed by atoms with E-state index >= 15 is 0 Å². The minimum absolute atomic E-state index is 0.00617. The van der Waals surface area contributed by atoms with Crippen LogP contribution in [0.2, 0.25) is 0 Å². The van der Waals surface area contributed by atoms with Crippen molar-refractivity contribution in [2.45, 2.75) is 44.8 Å². The summed E-state index contributed by atoms with van der Waals surface area (Å²) in [6, 6.07) is 0. The highest BCUT2D eigenvalue weighted by molar-refractivity contribution is 7.89. The van der Waals surface area contributed by atoms with Gasteiger partial charge < -0.3 is 20.1 Å². The summed E-state index contributed by atoms with van der Waals surface area (Å²) in [6.45, 7) is 9.76. The number of nitrogens with one attached hydrogen (secondary N) is 3. The number of aliphatic imine (C=N–C) groups is 1. The maximum atomic E-state index is 12.2. The van der Waals surface area contributed by atoms with Crippen molar-refractivity contribution in [3.63, 3.8) is 0 Å². The third kappa shape index (κ3) is 8.20. The van der Waals surface area contributed by atoms with E-state index < -0.39 is 10.0 Å². The fourth-order valence-corrected chi connectivity index (χ4v) is 4.32. The van der Waals surface area contributed by atoms with Crippen LogP contribution in [0.1, 0.15) is 33.1 Å². The first-order valence-electron chi connectivity index (χ1n) is 10.2. The second kappa shape index (κ2) is 11.3. The molecular weight excluding hydrogens is 382 g/mol. The predicted octanol–water partition coefficient (Wildman–Crippen LogP) is -0.249. The minimum Gasteiger partial charge on any atom is -0.379 e. The van der Waals surface area contributed by atoms with Crippen molar-refractivity contribution >= 4 is 16.0 Å². The van der Waals surface area contributed by atoms with Gasteiger partial charge in [0.25, 0.3) is 0 Å². The minimum atomic E-state index is -3.34. The molecule has 0 bridgehead atoms. The SMILES string of the molecule is CN=C(NCCS(=O)(=O)NCC1CCCCO1)NCC(C)(C)N1CCOCC1. The van der Waals surface area contributed by atoms with Gasteiger partial charge >= 0.3 is 0 Å². The van der Waals surface area contributed by atoms with Gasteiger partial charge in [0.15, 0.2) is 5.96 Å². The third-order valence-electron chi connectivity index (χ3n) is 5.25. The van der Waals surface area contributed by atoms with Gasteiger partial charge in [-0.25, -0.2) is 13.1 Å². The van der Waals surface area contributed by atoms with Gasteiger partial charge in [-0.2, -0.15) is 0 Å². The molecule has 0 aromatic heterocycles. The Bertz CT molecular complexity index is 585. The van der Waals surface area contributed by atoms with Crippen molar-refractivity contribution in [3.05, 3.63) is 0 Å². The summed E-state index contributed by atoms with van der Waals surface area (Å²) in [6.07, 6.45) is 3.06. The summed E-state index contributed by atoms with van der Waals surface area (Å²) < 4.78 is 38.0. The molecule has 2 aliphatic rings. The van der Waals surface area contributed by atoms with Gasteiger partial charge in [-0.3, -0.25) is 9.89 Å². The lowest BCUT2D eigenvalue weighted by molar-refractivity contribution is -0.00833. The number of guanidine groups is 1. The van der Waals surface area contributed by atoms with Crippen LogP contribution in [0.15, 0.2) is 4.99 Å². The van der Waals surface area contributed by atoms with Crippen molar-refractivity contribution < 1.29 is 17.9 Å². The largest absolute Gasteiger partial charge is 0.379 e. The quantitative estimate of drug-likeness (QED) is 0.350. The molecule has 1 unspecified atom stereocenters. The fourth-order valence-electron chi connectivity index (χ4n) is 3.37. The Labute approximate surface area is 169 Å². The molecule has 10 heteroatoms. The number of hydrogen-bond donors (Lipinski definition) is 3. The lowest BCUT2D eigenvalue weighted by Gasteiger charge is -2.41. The number of hydrogen-bond acceptors (Lipinski definition) is 6. The Hall–Kier alpha value is -0.940. The molecule has 2 rings (SSSR count). The van der Waals surface area contributed by atoms with Gasteiger partial charge in [0.2, 0.25) is 10.0 Å². The number of sulfonamides is 1. The molecule has 1 atom stereocenters. The lowest BCUT2D eigenvalue weighted by Crippen LogP contribution is -2.56. The molecule has 0 spiro atoms. The van der Waals surface area contributed by atoms with Crippen molar-refractivity contribution in [3.8, 4) is 0 Å². The molecule has 2 fully saturated rings. The molecule has 164 valence electrons. The van der Waals surface area contributed by atoms with Crippen LogP contribution in [0.3, 0.4) is 0 Å². The topological polar surface area (TPSA) is 104 Å². The van der Waals surface area contributed by atoms with Crippen LogP contribution >= 0.6 is 0 Å². The van der Waals surface area contributed by atoms with Crippen LogP contribution in [0.4, 0.5) is 0 Å². The molecule has 0 aromatic rings. The van der Waals surface area contributed by atoms with Gasteiger partial charge in [0.05, 0.1) is 25.1 Å². The van der Waals surface area contributed by atoms with Crippen LogP contribution in [-0.2, 0) is 19.5 Å². The van der Waals surface area contributed by atoms with E-state index in [-0.39, 0.29) is 17.4 Å². The van der Waals surface area contributed by atoms with Gasteiger partial charge in [-0.05, 0) is 33.1 Å². The fraction of sp³-hybridized carbons (Fsp3) is 0.944. The van der Waals surface area contributed by atoms with E-state index in [2.05, 4.69) is 39.1 Å². The van der Waals surface area contributed by atoms with Crippen molar-refractivity contribution in [1.29, 1.82) is 0 Å². The van der Waals surface area contributed by atoms with Crippen LogP contribution in [-0.4, -0.2) is 96.3 Å².